The van der Waals surface area contributed by atoms with Gasteiger partial charge in [-0.2, -0.15) is 0 Å². The van der Waals surface area contributed by atoms with Gasteiger partial charge in [0.15, 0.2) is 0 Å². The van der Waals surface area contributed by atoms with Gasteiger partial charge in [0.25, 0.3) is 0 Å². The minimum Gasteiger partial charge on any atom is -0.348 e. The van der Waals surface area contributed by atoms with Crippen LogP contribution in [0.3, 0.4) is 0 Å². The average molecular weight is 227 g/mol. The molecule has 0 saturated heterocycles. The number of hydrogen-bond donors (Lipinski definition) is 1. The largest absolute Gasteiger partial charge is 0.348 e. The Bertz CT molecular complexity index is 431. The fraction of sp³-hybridized carbons (Fsp3) is 0.267. The third kappa shape index (κ3) is 3.91. The molecule has 1 aromatic rings. The summed E-state index contributed by atoms with van der Waals surface area (Å²) in [5.41, 5.74) is 2.25. The van der Waals surface area contributed by atoms with Gasteiger partial charge in [0.05, 0.1) is 0 Å². The van der Waals surface area contributed by atoms with Crippen LogP contribution in [0.4, 0.5) is 0 Å². The summed E-state index contributed by atoms with van der Waals surface area (Å²) in [6, 6.07) is 9.94. The maximum absolute atomic E-state index is 11.7. The molecule has 0 heterocycles. The molecule has 0 bridgehead atoms. The number of amides is 1. The predicted octanol–water partition coefficient (Wildman–Crippen LogP) is 2.97. The van der Waals surface area contributed by atoms with Crippen molar-refractivity contribution in [2.45, 2.75) is 25.8 Å². The number of benzene rings is 1. The van der Waals surface area contributed by atoms with E-state index in [0.29, 0.717) is 6.54 Å². The van der Waals surface area contributed by atoms with E-state index in [-0.39, 0.29) is 5.91 Å². The lowest BCUT2D eigenvalue weighted by Crippen LogP contribution is -2.20. The van der Waals surface area contributed by atoms with Crippen molar-refractivity contribution < 1.29 is 4.79 Å². The van der Waals surface area contributed by atoms with Crippen LogP contribution in [0.5, 0.6) is 0 Å². The fourth-order valence-electron chi connectivity index (χ4n) is 1.87. The highest BCUT2D eigenvalue weighted by molar-refractivity contribution is 5.88. The first kappa shape index (κ1) is 11.6. The van der Waals surface area contributed by atoms with E-state index in [4.69, 9.17) is 0 Å². The van der Waals surface area contributed by atoms with Gasteiger partial charge in [-0.3, -0.25) is 4.79 Å². The van der Waals surface area contributed by atoms with Gasteiger partial charge in [-0.05, 0) is 30.4 Å². The van der Waals surface area contributed by atoms with Crippen molar-refractivity contribution in [3.63, 3.8) is 0 Å². The monoisotopic (exact) mass is 227 g/mol. The van der Waals surface area contributed by atoms with Crippen molar-refractivity contribution >= 4 is 5.91 Å². The van der Waals surface area contributed by atoms with Gasteiger partial charge >= 0.3 is 0 Å². The second kappa shape index (κ2) is 6.04. The van der Waals surface area contributed by atoms with Crippen molar-refractivity contribution in [1.29, 1.82) is 0 Å². The Morgan fingerprint density at radius 2 is 2.12 bits per heavy atom. The summed E-state index contributed by atoms with van der Waals surface area (Å²) in [5.74, 6) is -0.00426. The number of rotatable bonds is 3. The first-order chi connectivity index (χ1) is 8.34. The van der Waals surface area contributed by atoms with Gasteiger partial charge in [0, 0.05) is 12.6 Å². The third-order valence-electron chi connectivity index (χ3n) is 2.79. The molecule has 2 heteroatoms. The molecule has 1 amide bonds. The summed E-state index contributed by atoms with van der Waals surface area (Å²) in [7, 11) is 0. The van der Waals surface area contributed by atoms with Crippen LogP contribution in [0.25, 0.3) is 0 Å². The van der Waals surface area contributed by atoms with E-state index in [9.17, 15) is 4.79 Å². The first-order valence-electron chi connectivity index (χ1n) is 6.03. The molecule has 1 N–H and O–H groups in total. The molecular weight excluding hydrogens is 210 g/mol. The number of carbonyl (C=O) groups is 1. The molecule has 1 aliphatic carbocycles. The van der Waals surface area contributed by atoms with Gasteiger partial charge in [-0.15, -0.1) is 0 Å². The Morgan fingerprint density at radius 1 is 1.29 bits per heavy atom. The minimum absolute atomic E-state index is 0.00426. The van der Waals surface area contributed by atoms with Gasteiger partial charge < -0.3 is 5.32 Å². The van der Waals surface area contributed by atoms with Crippen molar-refractivity contribution in [2.75, 3.05) is 0 Å². The van der Waals surface area contributed by atoms with Crippen LogP contribution < -0.4 is 5.32 Å². The molecule has 0 atom stereocenters. The minimum atomic E-state index is -0.00426. The molecular formula is C15H17NO. The molecule has 0 radical (unpaired) electrons. The molecule has 2 nitrogen and oxygen atoms in total. The number of allylic oxidation sites excluding steroid dienone is 3. The molecule has 0 saturated carbocycles. The van der Waals surface area contributed by atoms with Gasteiger partial charge in [0.2, 0.25) is 5.91 Å². The molecule has 1 aromatic carbocycles. The fourth-order valence-corrected chi connectivity index (χ4v) is 1.87. The van der Waals surface area contributed by atoms with E-state index in [1.54, 1.807) is 6.08 Å². The zero-order chi connectivity index (χ0) is 11.9. The van der Waals surface area contributed by atoms with E-state index in [2.05, 4.69) is 11.4 Å². The molecule has 0 aromatic heterocycles. The van der Waals surface area contributed by atoms with Gasteiger partial charge in [-0.25, -0.2) is 0 Å². The quantitative estimate of drug-likeness (QED) is 0.790. The molecule has 2 rings (SSSR count). The van der Waals surface area contributed by atoms with Crippen molar-refractivity contribution in [3.05, 3.63) is 59.7 Å². The zero-order valence-corrected chi connectivity index (χ0v) is 9.86. The Balaban J connectivity index is 1.85. The van der Waals surface area contributed by atoms with E-state index in [1.807, 2.05) is 36.4 Å². The van der Waals surface area contributed by atoms with E-state index < -0.39 is 0 Å². The molecule has 1 aliphatic rings. The summed E-state index contributed by atoms with van der Waals surface area (Å²) in [4.78, 5) is 11.7. The van der Waals surface area contributed by atoms with E-state index in [0.717, 1.165) is 30.4 Å². The Morgan fingerprint density at radius 3 is 2.82 bits per heavy atom. The topological polar surface area (TPSA) is 29.1 Å². The highest BCUT2D eigenvalue weighted by Gasteiger charge is 2.02. The Kier molecular flexibility index (Phi) is 4.14. The lowest BCUT2D eigenvalue weighted by Gasteiger charge is -2.07. The van der Waals surface area contributed by atoms with Gasteiger partial charge in [-0.1, -0.05) is 42.5 Å². The SMILES string of the molecule is O=C(/C=C1/C=CCCC1)NCc1ccccc1. The van der Waals surface area contributed by atoms with Crippen LogP contribution in [0.2, 0.25) is 0 Å². The second-order valence-electron chi connectivity index (χ2n) is 4.22. The van der Waals surface area contributed by atoms with Crippen LogP contribution in [0, 0.1) is 0 Å². The average Bonchev–Trinajstić information content (AvgIpc) is 2.39. The van der Waals surface area contributed by atoms with Crippen LogP contribution in [-0.4, -0.2) is 5.91 Å². The highest BCUT2D eigenvalue weighted by Crippen LogP contribution is 2.15. The maximum atomic E-state index is 11.7. The van der Waals surface area contributed by atoms with E-state index in [1.165, 1.54) is 0 Å². The van der Waals surface area contributed by atoms with Crippen molar-refractivity contribution in [3.8, 4) is 0 Å². The molecule has 88 valence electrons. The van der Waals surface area contributed by atoms with Crippen LogP contribution in [0.15, 0.2) is 54.1 Å². The molecule has 0 unspecified atom stereocenters. The summed E-state index contributed by atoms with van der Waals surface area (Å²) >= 11 is 0. The lowest BCUT2D eigenvalue weighted by atomic mass is 10.0. The zero-order valence-electron chi connectivity index (χ0n) is 9.86. The second-order valence-corrected chi connectivity index (χ2v) is 4.22. The Hall–Kier alpha value is -1.83. The summed E-state index contributed by atoms with van der Waals surface area (Å²) in [5, 5.41) is 2.90. The standard InChI is InChI=1S/C15H17NO/c17-15(11-13-7-3-1-4-8-13)16-12-14-9-5-2-6-10-14/h2-3,5-7,9-11H,1,4,8,12H2,(H,16,17)/b13-11-. The normalized spacial score (nSPS) is 17.1. The summed E-state index contributed by atoms with van der Waals surface area (Å²) < 4.78 is 0. The summed E-state index contributed by atoms with van der Waals surface area (Å²) in [6.07, 6.45) is 9.16. The smallest absolute Gasteiger partial charge is 0.244 e. The molecule has 0 fully saturated rings. The molecule has 0 spiro atoms. The van der Waals surface area contributed by atoms with Crippen LogP contribution in [-0.2, 0) is 11.3 Å². The van der Waals surface area contributed by atoms with Crippen LogP contribution >= 0.6 is 0 Å². The number of nitrogens with one attached hydrogen (secondary N) is 1. The lowest BCUT2D eigenvalue weighted by molar-refractivity contribution is -0.116. The first-order valence-corrected chi connectivity index (χ1v) is 6.03. The van der Waals surface area contributed by atoms with Crippen molar-refractivity contribution in [2.24, 2.45) is 0 Å². The summed E-state index contributed by atoms with van der Waals surface area (Å²) in [6.45, 7) is 0.590. The van der Waals surface area contributed by atoms with Gasteiger partial charge in [0.1, 0.15) is 0 Å². The molecule has 0 aliphatic heterocycles. The van der Waals surface area contributed by atoms with Crippen molar-refractivity contribution in [1.82, 2.24) is 5.32 Å². The highest BCUT2D eigenvalue weighted by atomic mass is 16.1. The third-order valence-corrected chi connectivity index (χ3v) is 2.79. The maximum Gasteiger partial charge on any atom is 0.244 e. The predicted molar refractivity (Wildman–Crippen MR) is 69.4 cm³/mol. The van der Waals surface area contributed by atoms with E-state index >= 15 is 0 Å². The molecule has 17 heavy (non-hydrogen) atoms. The number of hydrogen-bond acceptors (Lipinski definition) is 1. The number of carbonyl (C=O) groups excluding carboxylic acids is 1. The Labute approximate surface area is 102 Å². The van der Waals surface area contributed by atoms with Crippen LogP contribution in [0.1, 0.15) is 24.8 Å².